The quantitative estimate of drug-likeness (QED) is 0.305. The number of ether oxygens (including phenoxy) is 2. The van der Waals surface area contributed by atoms with Gasteiger partial charge in [0.1, 0.15) is 22.7 Å². The van der Waals surface area contributed by atoms with Gasteiger partial charge in [0.25, 0.3) is 0 Å². The molecule has 6 nitrogen and oxygen atoms in total. The van der Waals surface area contributed by atoms with Crippen molar-refractivity contribution in [1.29, 1.82) is 0 Å². The number of hydrogen-bond acceptors (Lipinski definition) is 6. The molecule has 0 aliphatic rings. The SMILES string of the molecule is CC(Oc1ccc(Cl)cc1Cl)C(=O)Oc1ccc2nc(-c3ccccn3)oc2c1. The third kappa shape index (κ3) is 4.34. The molecule has 0 saturated carbocycles. The molecule has 0 aliphatic heterocycles. The lowest BCUT2D eigenvalue weighted by Gasteiger charge is -2.14. The molecule has 0 spiro atoms. The van der Waals surface area contributed by atoms with Gasteiger partial charge < -0.3 is 13.9 Å². The molecule has 2 aromatic carbocycles. The summed E-state index contributed by atoms with van der Waals surface area (Å²) in [6.07, 6.45) is 0.773. The van der Waals surface area contributed by atoms with Gasteiger partial charge in [-0.15, -0.1) is 0 Å². The lowest BCUT2D eigenvalue weighted by molar-refractivity contribution is -0.141. The Balaban J connectivity index is 1.48. The van der Waals surface area contributed by atoms with E-state index < -0.39 is 12.1 Å². The van der Waals surface area contributed by atoms with Gasteiger partial charge in [-0.3, -0.25) is 4.98 Å². The van der Waals surface area contributed by atoms with E-state index in [1.807, 2.05) is 12.1 Å². The smallest absolute Gasteiger partial charge is 0.352 e. The Bertz CT molecular complexity index is 1180. The zero-order valence-electron chi connectivity index (χ0n) is 15.1. The highest BCUT2D eigenvalue weighted by molar-refractivity contribution is 6.35. The van der Waals surface area contributed by atoms with E-state index in [1.165, 1.54) is 6.07 Å². The van der Waals surface area contributed by atoms with Gasteiger partial charge in [0.2, 0.25) is 5.89 Å². The second kappa shape index (κ2) is 8.11. The Kier molecular flexibility index (Phi) is 5.38. The zero-order valence-corrected chi connectivity index (χ0v) is 16.6. The predicted octanol–water partition coefficient (Wildman–Crippen LogP) is 5.57. The molecule has 146 valence electrons. The maximum Gasteiger partial charge on any atom is 0.352 e. The van der Waals surface area contributed by atoms with E-state index in [4.69, 9.17) is 37.1 Å². The number of esters is 1. The summed E-state index contributed by atoms with van der Waals surface area (Å²) >= 11 is 11.9. The predicted molar refractivity (Wildman–Crippen MR) is 109 cm³/mol. The minimum Gasteiger partial charge on any atom is -0.477 e. The van der Waals surface area contributed by atoms with Gasteiger partial charge >= 0.3 is 5.97 Å². The maximum atomic E-state index is 12.4. The number of rotatable bonds is 5. The number of nitrogens with zero attached hydrogens (tertiary/aromatic N) is 2. The minimum absolute atomic E-state index is 0.308. The second-order valence-electron chi connectivity index (χ2n) is 6.12. The lowest BCUT2D eigenvalue weighted by Crippen LogP contribution is -2.28. The Morgan fingerprint density at radius 3 is 2.72 bits per heavy atom. The van der Waals surface area contributed by atoms with E-state index in [2.05, 4.69) is 9.97 Å². The molecule has 4 aromatic rings. The Morgan fingerprint density at radius 2 is 1.97 bits per heavy atom. The molecular formula is C21H14Cl2N2O4. The molecule has 1 atom stereocenters. The van der Waals surface area contributed by atoms with Crippen molar-refractivity contribution in [3.05, 3.63) is 70.8 Å². The molecule has 2 heterocycles. The molecule has 0 N–H and O–H groups in total. The summed E-state index contributed by atoms with van der Waals surface area (Å²) in [6, 6.07) is 15.1. The highest BCUT2D eigenvalue weighted by atomic mass is 35.5. The van der Waals surface area contributed by atoms with Crippen LogP contribution in [0.5, 0.6) is 11.5 Å². The van der Waals surface area contributed by atoms with Gasteiger partial charge in [0.05, 0.1) is 5.02 Å². The third-order valence-electron chi connectivity index (χ3n) is 3.99. The molecule has 2 aromatic heterocycles. The summed E-state index contributed by atoms with van der Waals surface area (Å²) in [4.78, 5) is 21.0. The fourth-order valence-corrected chi connectivity index (χ4v) is 3.03. The lowest BCUT2D eigenvalue weighted by atomic mass is 10.3. The zero-order chi connectivity index (χ0) is 20.4. The van der Waals surface area contributed by atoms with Crippen LogP contribution < -0.4 is 9.47 Å². The van der Waals surface area contributed by atoms with Crippen LogP contribution in [0, 0.1) is 0 Å². The van der Waals surface area contributed by atoms with E-state index >= 15 is 0 Å². The molecule has 0 saturated heterocycles. The van der Waals surface area contributed by atoms with Gasteiger partial charge in [0.15, 0.2) is 11.7 Å². The fraction of sp³-hybridized carbons (Fsp3) is 0.0952. The van der Waals surface area contributed by atoms with Crippen LogP contribution in [-0.2, 0) is 4.79 Å². The molecular weight excluding hydrogens is 415 g/mol. The largest absolute Gasteiger partial charge is 0.477 e. The van der Waals surface area contributed by atoms with Crippen LogP contribution in [0.1, 0.15) is 6.92 Å². The number of oxazole rings is 1. The Hall–Kier alpha value is -3.09. The standard InChI is InChI=1S/C21H14Cl2N2O4/c1-12(27-18-8-5-13(22)10-15(18)23)21(26)28-14-6-7-16-19(11-14)29-20(25-16)17-4-2-3-9-24-17/h2-12H,1H3. The number of pyridine rings is 1. The van der Waals surface area contributed by atoms with Crippen LogP contribution in [0.25, 0.3) is 22.7 Å². The monoisotopic (exact) mass is 428 g/mol. The first-order valence-corrected chi connectivity index (χ1v) is 9.40. The van der Waals surface area contributed by atoms with Crippen molar-refractivity contribution in [2.75, 3.05) is 0 Å². The average Bonchev–Trinajstić information content (AvgIpc) is 3.14. The van der Waals surface area contributed by atoms with E-state index in [-0.39, 0.29) is 0 Å². The van der Waals surface area contributed by atoms with Crippen LogP contribution in [0.15, 0.2) is 65.2 Å². The van der Waals surface area contributed by atoms with Crippen LogP contribution in [0.2, 0.25) is 10.0 Å². The van der Waals surface area contributed by atoms with E-state index in [0.717, 1.165) is 0 Å². The van der Waals surface area contributed by atoms with Crippen molar-refractivity contribution in [3.8, 4) is 23.1 Å². The number of fused-ring (bicyclic) bond motifs is 1. The number of hydrogen-bond donors (Lipinski definition) is 0. The van der Waals surface area contributed by atoms with Gasteiger partial charge in [0, 0.05) is 17.3 Å². The van der Waals surface area contributed by atoms with Crippen molar-refractivity contribution in [2.45, 2.75) is 13.0 Å². The number of aromatic nitrogens is 2. The summed E-state index contributed by atoms with van der Waals surface area (Å²) in [5.74, 6) is 0.452. The molecule has 0 bridgehead atoms. The van der Waals surface area contributed by atoms with E-state index in [9.17, 15) is 4.79 Å². The normalized spacial score (nSPS) is 12.0. The Morgan fingerprint density at radius 1 is 1.10 bits per heavy atom. The molecule has 0 amide bonds. The molecule has 0 fully saturated rings. The molecule has 8 heteroatoms. The average molecular weight is 429 g/mol. The summed E-state index contributed by atoms with van der Waals surface area (Å²) < 4.78 is 16.7. The first-order chi connectivity index (χ1) is 14.0. The van der Waals surface area contributed by atoms with Crippen LogP contribution in [-0.4, -0.2) is 22.0 Å². The first kappa shape index (κ1) is 19.2. The second-order valence-corrected chi connectivity index (χ2v) is 6.96. The van der Waals surface area contributed by atoms with Gasteiger partial charge in [-0.25, -0.2) is 9.78 Å². The van der Waals surface area contributed by atoms with Gasteiger partial charge in [-0.2, -0.15) is 0 Å². The van der Waals surface area contributed by atoms with E-state index in [1.54, 1.807) is 49.5 Å². The highest BCUT2D eigenvalue weighted by Crippen LogP contribution is 2.29. The van der Waals surface area contributed by atoms with Crippen molar-refractivity contribution < 1.29 is 18.7 Å². The summed E-state index contributed by atoms with van der Waals surface area (Å²) in [6.45, 7) is 1.57. The molecule has 29 heavy (non-hydrogen) atoms. The topological polar surface area (TPSA) is 74.5 Å². The van der Waals surface area contributed by atoms with Crippen molar-refractivity contribution in [2.24, 2.45) is 0 Å². The van der Waals surface area contributed by atoms with Crippen molar-refractivity contribution in [3.63, 3.8) is 0 Å². The number of halogens is 2. The fourth-order valence-electron chi connectivity index (χ4n) is 2.58. The first-order valence-electron chi connectivity index (χ1n) is 8.65. The van der Waals surface area contributed by atoms with Crippen LogP contribution in [0.4, 0.5) is 0 Å². The summed E-state index contributed by atoms with van der Waals surface area (Å²) in [7, 11) is 0. The van der Waals surface area contributed by atoms with E-state index in [0.29, 0.717) is 44.2 Å². The van der Waals surface area contributed by atoms with Crippen LogP contribution >= 0.6 is 23.2 Å². The number of carbonyl (C=O) groups is 1. The molecule has 0 radical (unpaired) electrons. The summed E-state index contributed by atoms with van der Waals surface area (Å²) in [5, 5.41) is 0.783. The van der Waals surface area contributed by atoms with Gasteiger partial charge in [-0.05, 0) is 49.4 Å². The Labute approximate surface area is 176 Å². The highest BCUT2D eigenvalue weighted by Gasteiger charge is 2.19. The van der Waals surface area contributed by atoms with Crippen LogP contribution in [0.3, 0.4) is 0 Å². The maximum absolute atomic E-state index is 12.4. The molecule has 1 unspecified atom stereocenters. The van der Waals surface area contributed by atoms with Crippen molar-refractivity contribution >= 4 is 40.3 Å². The van der Waals surface area contributed by atoms with Gasteiger partial charge in [-0.1, -0.05) is 29.3 Å². The number of benzene rings is 2. The summed E-state index contributed by atoms with van der Waals surface area (Å²) in [5.41, 5.74) is 1.72. The third-order valence-corrected chi connectivity index (χ3v) is 4.52. The minimum atomic E-state index is -0.886. The van der Waals surface area contributed by atoms with Crippen molar-refractivity contribution in [1.82, 2.24) is 9.97 Å². The molecule has 4 rings (SSSR count). The number of carbonyl (C=O) groups excluding carboxylic acids is 1. The molecule has 0 aliphatic carbocycles.